The molecule has 0 saturated heterocycles. The Kier molecular flexibility index (Phi) is 6.26. The van der Waals surface area contributed by atoms with Gasteiger partial charge < -0.3 is 10.6 Å². The van der Waals surface area contributed by atoms with Crippen LogP contribution in [0.15, 0.2) is 42.5 Å². The van der Waals surface area contributed by atoms with Gasteiger partial charge in [-0.15, -0.1) is 0 Å². The molecule has 0 aromatic heterocycles. The smallest absolute Gasteiger partial charge is 0.328 e. The molecule has 0 fully saturated rings. The van der Waals surface area contributed by atoms with E-state index in [1.807, 2.05) is 6.92 Å². The van der Waals surface area contributed by atoms with Crippen molar-refractivity contribution in [3.05, 3.63) is 58.9 Å². The lowest BCUT2D eigenvalue weighted by atomic mass is 10.2. The number of hydrazine groups is 1. The van der Waals surface area contributed by atoms with E-state index in [9.17, 15) is 14.0 Å². The number of hydrogen-bond acceptors (Lipinski definition) is 3. The molecule has 2 rings (SSSR count). The summed E-state index contributed by atoms with van der Waals surface area (Å²) in [6, 6.07) is 10.9. The number of nitrogens with one attached hydrogen (secondary N) is 4. The normalized spacial score (nSPS) is 9.88. The Morgan fingerprint density at radius 2 is 1.60 bits per heavy atom. The highest BCUT2D eigenvalue weighted by Gasteiger charge is 2.13. The molecule has 9 heteroatoms. The SMILES string of the molecule is Cc1ccc(NC(=O)C(=O)NNC(=S)Nc2ccc(F)c(Cl)c2)cc1. The summed E-state index contributed by atoms with van der Waals surface area (Å²) in [5, 5.41) is 5.05. The van der Waals surface area contributed by atoms with E-state index in [-0.39, 0.29) is 10.1 Å². The lowest BCUT2D eigenvalue weighted by Gasteiger charge is -2.12. The second-order valence-corrected chi connectivity index (χ2v) is 5.80. The van der Waals surface area contributed by atoms with Gasteiger partial charge in [0.25, 0.3) is 0 Å². The van der Waals surface area contributed by atoms with Crippen molar-refractivity contribution in [3.8, 4) is 0 Å². The summed E-state index contributed by atoms with van der Waals surface area (Å²) >= 11 is 10.6. The number of aryl methyl sites for hydroxylation is 1. The number of benzene rings is 2. The minimum atomic E-state index is -0.929. The molecule has 2 amide bonds. The van der Waals surface area contributed by atoms with Crippen LogP contribution in [-0.2, 0) is 9.59 Å². The van der Waals surface area contributed by atoms with Crippen LogP contribution < -0.4 is 21.5 Å². The third-order valence-electron chi connectivity index (χ3n) is 2.98. The van der Waals surface area contributed by atoms with Gasteiger partial charge in [-0.05, 0) is 49.5 Å². The van der Waals surface area contributed by atoms with Crippen molar-refractivity contribution in [1.29, 1.82) is 0 Å². The van der Waals surface area contributed by atoms with Gasteiger partial charge >= 0.3 is 11.8 Å². The van der Waals surface area contributed by atoms with Crippen molar-refractivity contribution >= 4 is 52.1 Å². The summed E-state index contributed by atoms with van der Waals surface area (Å²) in [5.41, 5.74) is 6.45. The maximum absolute atomic E-state index is 13.1. The molecule has 130 valence electrons. The van der Waals surface area contributed by atoms with E-state index >= 15 is 0 Å². The Morgan fingerprint density at radius 1 is 0.960 bits per heavy atom. The Balaban J connectivity index is 1.81. The predicted octanol–water partition coefficient (Wildman–Crippen LogP) is 2.74. The number of carbonyl (C=O) groups is 2. The van der Waals surface area contributed by atoms with Gasteiger partial charge in [0.2, 0.25) is 0 Å². The first kappa shape index (κ1) is 18.6. The van der Waals surface area contributed by atoms with E-state index in [0.29, 0.717) is 11.4 Å². The molecule has 25 heavy (non-hydrogen) atoms. The summed E-state index contributed by atoms with van der Waals surface area (Å²) in [7, 11) is 0. The van der Waals surface area contributed by atoms with Gasteiger partial charge in [0.15, 0.2) is 5.11 Å². The van der Waals surface area contributed by atoms with Crippen molar-refractivity contribution in [2.75, 3.05) is 10.6 Å². The Labute approximate surface area is 153 Å². The van der Waals surface area contributed by atoms with Crippen LogP contribution in [0.5, 0.6) is 0 Å². The van der Waals surface area contributed by atoms with Crippen LogP contribution in [0.2, 0.25) is 5.02 Å². The first-order valence-corrected chi connectivity index (χ1v) is 7.84. The molecule has 0 aliphatic rings. The topological polar surface area (TPSA) is 82.3 Å². The number of anilines is 2. The monoisotopic (exact) mass is 380 g/mol. The third kappa shape index (κ3) is 5.70. The fraction of sp³-hybridized carbons (Fsp3) is 0.0625. The molecule has 0 atom stereocenters. The van der Waals surface area contributed by atoms with Gasteiger partial charge in [0, 0.05) is 11.4 Å². The number of hydrogen-bond donors (Lipinski definition) is 4. The molecule has 0 aliphatic carbocycles. The van der Waals surface area contributed by atoms with Crippen LogP contribution in [0.4, 0.5) is 15.8 Å². The molecule has 4 N–H and O–H groups in total. The fourth-order valence-corrected chi connectivity index (χ4v) is 2.08. The van der Waals surface area contributed by atoms with E-state index < -0.39 is 17.6 Å². The average molecular weight is 381 g/mol. The molecular formula is C16H14ClFN4O2S. The Morgan fingerprint density at radius 3 is 2.24 bits per heavy atom. The first-order valence-electron chi connectivity index (χ1n) is 7.05. The molecule has 0 heterocycles. The highest BCUT2D eigenvalue weighted by molar-refractivity contribution is 7.80. The van der Waals surface area contributed by atoms with Crippen LogP contribution >= 0.6 is 23.8 Å². The van der Waals surface area contributed by atoms with Crippen LogP contribution in [0.1, 0.15) is 5.56 Å². The number of carbonyl (C=O) groups excluding carboxylic acids is 2. The van der Waals surface area contributed by atoms with Crippen LogP contribution in [0, 0.1) is 12.7 Å². The van der Waals surface area contributed by atoms with Gasteiger partial charge in [0.05, 0.1) is 5.02 Å². The number of rotatable bonds is 2. The van der Waals surface area contributed by atoms with Gasteiger partial charge in [-0.25, -0.2) is 4.39 Å². The van der Waals surface area contributed by atoms with E-state index in [4.69, 9.17) is 23.8 Å². The highest BCUT2D eigenvalue weighted by Crippen LogP contribution is 2.19. The van der Waals surface area contributed by atoms with Gasteiger partial charge in [-0.1, -0.05) is 29.3 Å². The Hall–Kier alpha value is -2.71. The van der Waals surface area contributed by atoms with Crippen LogP contribution in [0.3, 0.4) is 0 Å². The predicted molar refractivity (Wildman–Crippen MR) is 98.7 cm³/mol. The highest BCUT2D eigenvalue weighted by atomic mass is 35.5. The summed E-state index contributed by atoms with van der Waals surface area (Å²) in [6.07, 6.45) is 0. The van der Waals surface area contributed by atoms with Crippen LogP contribution in [-0.4, -0.2) is 16.9 Å². The molecule has 6 nitrogen and oxygen atoms in total. The second-order valence-electron chi connectivity index (χ2n) is 4.98. The Bertz CT molecular complexity index is 814. The lowest BCUT2D eigenvalue weighted by molar-refractivity contribution is -0.136. The summed E-state index contributed by atoms with van der Waals surface area (Å²) in [5.74, 6) is -2.35. The quantitative estimate of drug-likeness (QED) is 0.366. The molecule has 0 radical (unpaired) electrons. The summed E-state index contributed by atoms with van der Waals surface area (Å²) in [4.78, 5) is 23.5. The summed E-state index contributed by atoms with van der Waals surface area (Å²) in [6.45, 7) is 1.91. The fourth-order valence-electron chi connectivity index (χ4n) is 1.73. The first-order chi connectivity index (χ1) is 11.8. The molecule has 0 spiro atoms. The average Bonchev–Trinajstić information content (AvgIpc) is 2.58. The number of halogens is 2. The van der Waals surface area contributed by atoms with E-state index in [2.05, 4.69) is 21.5 Å². The molecule has 2 aromatic rings. The summed E-state index contributed by atoms with van der Waals surface area (Å²) < 4.78 is 13.1. The van der Waals surface area contributed by atoms with Crippen LogP contribution in [0.25, 0.3) is 0 Å². The molecular weight excluding hydrogens is 367 g/mol. The van der Waals surface area contributed by atoms with Gasteiger partial charge in [-0.2, -0.15) is 0 Å². The van der Waals surface area contributed by atoms with Crippen molar-refractivity contribution in [2.45, 2.75) is 6.92 Å². The lowest BCUT2D eigenvalue weighted by Crippen LogP contribution is -2.48. The molecule has 0 saturated carbocycles. The van der Waals surface area contributed by atoms with E-state index in [1.54, 1.807) is 24.3 Å². The van der Waals surface area contributed by atoms with Gasteiger partial charge in [0.1, 0.15) is 5.82 Å². The maximum atomic E-state index is 13.1. The van der Waals surface area contributed by atoms with E-state index in [0.717, 1.165) is 5.56 Å². The minimum Gasteiger partial charge on any atom is -0.331 e. The molecule has 0 bridgehead atoms. The maximum Gasteiger partial charge on any atom is 0.328 e. The zero-order valence-electron chi connectivity index (χ0n) is 13.0. The third-order valence-corrected chi connectivity index (χ3v) is 3.48. The standard InChI is InChI=1S/C16H14ClFN4O2S/c1-9-2-4-10(5-3-9)19-14(23)15(24)21-22-16(25)20-11-6-7-13(18)12(17)8-11/h2-8H,1H3,(H,19,23)(H,21,24)(H2,20,22,25). The van der Waals surface area contributed by atoms with Crippen molar-refractivity contribution in [2.24, 2.45) is 0 Å². The van der Waals surface area contributed by atoms with Crippen molar-refractivity contribution in [3.63, 3.8) is 0 Å². The zero-order chi connectivity index (χ0) is 18.4. The molecule has 0 unspecified atom stereocenters. The number of thiocarbonyl (C=S) groups is 1. The largest absolute Gasteiger partial charge is 0.331 e. The van der Waals surface area contributed by atoms with Crippen molar-refractivity contribution < 1.29 is 14.0 Å². The molecule has 0 aliphatic heterocycles. The number of amides is 2. The van der Waals surface area contributed by atoms with Gasteiger partial charge in [-0.3, -0.25) is 20.4 Å². The minimum absolute atomic E-state index is 0.000777. The van der Waals surface area contributed by atoms with E-state index in [1.165, 1.54) is 18.2 Å². The second kappa shape index (κ2) is 8.41. The zero-order valence-corrected chi connectivity index (χ0v) is 14.6. The molecule has 2 aromatic carbocycles. The van der Waals surface area contributed by atoms with Crippen molar-refractivity contribution in [1.82, 2.24) is 10.9 Å².